The summed E-state index contributed by atoms with van der Waals surface area (Å²) in [6.07, 6.45) is 1.83. The molecule has 0 amide bonds. The number of ether oxygens (including phenoxy) is 2. The number of fused-ring (bicyclic) bond motifs is 11. The SMILES string of the molecule is c1ccc(-n2c3ccccc3c3cc(-c4ccc5c(c4)C4(c6ccccc6Oc6cc(-c7ccccn7)ccc64)c4ccccc4O5)ccc32)cc1. The minimum absolute atomic E-state index is 0.694. The van der Waals surface area contributed by atoms with Crippen molar-refractivity contribution in [3.63, 3.8) is 0 Å². The van der Waals surface area contributed by atoms with Crippen molar-refractivity contribution in [3.05, 3.63) is 204 Å². The molecule has 4 heteroatoms. The number of hydrogen-bond donors (Lipinski definition) is 0. The minimum atomic E-state index is -0.694. The summed E-state index contributed by atoms with van der Waals surface area (Å²) in [5.74, 6) is 3.32. The van der Waals surface area contributed by atoms with Crippen molar-refractivity contribution in [2.75, 3.05) is 0 Å². The van der Waals surface area contributed by atoms with E-state index in [0.29, 0.717) is 0 Å². The molecule has 1 unspecified atom stereocenters. The fourth-order valence-electron chi connectivity index (χ4n) is 8.55. The Kier molecular flexibility index (Phi) is 6.13. The molecule has 0 radical (unpaired) electrons. The second kappa shape index (κ2) is 11.0. The first kappa shape index (κ1) is 28.9. The van der Waals surface area contributed by atoms with Gasteiger partial charge in [-0.2, -0.15) is 0 Å². The maximum Gasteiger partial charge on any atom is 0.132 e. The van der Waals surface area contributed by atoms with E-state index in [0.717, 1.165) is 73.3 Å². The van der Waals surface area contributed by atoms with Gasteiger partial charge in [0.05, 0.1) is 22.1 Å². The zero-order valence-corrected chi connectivity index (χ0v) is 28.0. The standard InChI is InChI=1S/C48H30N2O2/c1-2-12-34(13-3-1)50-42-18-7-4-14-35(42)36-28-31(22-25-43(36)50)32-23-26-46-40(29-32)48(37-15-5-8-19-44(37)51-46)38-16-6-9-20-45(38)52-47-30-33(21-24-39(47)48)41-17-10-11-27-49-41/h1-30H. The highest BCUT2D eigenvalue weighted by molar-refractivity contribution is 6.10. The van der Waals surface area contributed by atoms with Gasteiger partial charge < -0.3 is 14.0 Å². The van der Waals surface area contributed by atoms with Gasteiger partial charge in [-0.05, 0) is 83.9 Å². The quantitative estimate of drug-likeness (QED) is 0.188. The van der Waals surface area contributed by atoms with Crippen LogP contribution in [0.4, 0.5) is 0 Å². The van der Waals surface area contributed by atoms with Crippen LogP contribution in [0.2, 0.25) is 0 Å². The highest BCUT2D eigenvalue weighted by Gasteiger charge is 2.50. The summed E-state index contributed by atoms with van der Waals surface area (Å²) in [7, 11) is 0. The predicted molar refractivity (Wildman–Crippen MR) is 208 cm³/mol. The van der Waals surface area contributed by atoms with E-state index < -0.39 is 5.41 Å². The number of benzene rings is 7. The molecule has 1 atom stereocenters. The second-order valence-corrected chi connectivity index (χ2v) is 13.5. The van der Waals surface area contributed by atoms with Crippen LogP contribution in [0.15, 0.2) is 182 Å². The van der Waals surface area contributed by atoms with Crippen molar-refractivity contribution in [1.82, 2.24) is 9.55 Å². The van der Waals surface area contributed by atoms with Crippen molar-refractivity contribution in [1.29, 1.82) is 0 Å². The van der Waals surface area contributed by atoms with E-state index in [1.54, 1.807) is 0 Å². The molecule has 0 N–H and O–H groups in total. The van der Waals surface area contributed by atoms with Gasteiger partial charge in [0, 0.05) is 50.5 Å². The van der Waals surface area contributed by atoms with Crippen molar-refractivity contribution < 1.29 is 9.47 Å². The molecule has 244 valence electrons. The lowest BCUT2D eigenvalue weighted by Crippen LogP contribution is -2.36. The van der Waals surface area contributed by atoms with Crippen LogP contribution in [0.1, 0.15) is 22.3 Å². The van der Waals surface area contributed by atoms with E-state index in [1.807, 2.05) is 36.5 Å². The van der Waals surface area contributed by atoms with Gasteiger partial charge in [-0.1, -0.05) is 103 Å². The first-order valence-corrected chi connectivity index (χ1v) is 17.6. The molecule has 11 rings (SSSR count). The van der Waals surface area contributed by atoms with E-state index in [4.69, 9.17) is 9.47 Å². The maximum absolute atomic E-state index is 6.77. The van der Waals surface area contributed by atoms with E-state index in [2.05, 4.69) is 155 Å². The van der Waals surface area contributed by atoms with E-state index in [1.165, 1.54) is 21.8 Å². The molecule has 52 heavy (non-hydrogen) atoms. The Morgan fingerprint density at radius 3 is 1.83 bits per heavy atom. The van der Waals surface area contributed by atoms with Gasteiger partial charge in [0.25, 0.3) is 0 Å². The van der Waals surface area contributed by atoms with Crippen LogP contribution < -0.4 is 9.47 Å². The van der Waals surface area contributed by atoms with Crippen LogP contribution in [0.3, 0.4) is 0 Å². The van der Waals surface area contributed by atoms with E-state index in [9.17, 15) is 0 Å². The van der Waals surface area contributed by atoms with Crippen LogP contribution in [0.25, 0.3) is 49.9 Å². The van der Waals surface area contributed by atoms with Gasteiger partial charge in [-0.3, -0.25) is 4.98 Å². The molecule has 4 nitrogen and oxygen atoms in total. The smallest absolute Gasteiger partial charge is 0.132 e. The first-order valence-electron chi connectivity index (χ1n) is 17.6. The van der Waals surface area contributed by atoms with Crippen molar-refractivity contribution in [3.8, 4) is 51.1 Å². The van der Waals surface area contributed by atoms with Gasteiger partial charge in [-0.25, -0.2) is 0 Å². The molecule has 9 aromatic rings. The monoisotopic (exact) mass is 666 g/mol. The lowest BCUT2D eigenvalue weighted by atomic mass is 9.62. The molecular formula is C48H30N2O2. The van der Waals surface area contributed by atoms with Gasteiger partial charge >= 0.3 is 0 Å². The zero-order chi connectivity index (χ0) is 34.2. The molecule has 0 bridgehead atoms. The lowest BCUT2D eigenvalue weighted by Gasteiger charge is -2.45. The number of rotatable bonds is 3. The fraction of sp³-hybridized carbons (Fsp3) is 0.0208. The normalized spacial score (nSPS) is 15.3. The number of hydrogen-bond acceptors (Lipinski definition) is 3. The first-order chi connectivity index (χ1) is 25.8. The largest absolute Gasteiger partial charge is 0.457 e. The van der Waals surface area contributed by atoms with Crippen LogP contribution >= 0.6 is 0 Å². The van der Waals surface area contributed by atoms with Crippen LogP contribution in [-0.2, 0) is 5.41 Å². The third kappa shape index (κ3) is 4.06. The average Bonchev–Trinajstić information content (AvgIpc) is 3.55. The van der Waals surface area contributed by atoms with Crippen LogP contribution in [-0.4, -0.2) is 9.55 Å². The molecule has 2 aliphatic rings. The van der Waals surface area contributed by atoms with Gasteiger partial charge in [-0.15, -0.1) is 0 Å². The minimum Gasteiger partial charge on any atom is -0.457 e. The summed E-state index contributed by atoms with van der Waals surface area (Å²) in [5.41, 5.74) is 11.3. The summed E-state index contributed by atoms with van der Waals surface area (Å²) in [5, 5.41) is 2.45. The number of para-hydroxylation sites is 4. The molecule has 2 aliphatic heterocycles. The molecule has 0 fully saturated rings. The molecule has 4 heterocycles. The molecule has 1 spiro atoms. The number of pyridine rings is 1. The molecule has 0 saturated heterocycles. The molecule has 7 aromatic carbocycles. The maximum atomic E-state index is 6.77. The van der Waals surface area contributed by atoms with Gasteiger partial charge in [0.2, 0.25) is 0 Å². The Morgan fingerprint density at radius 2 is 1.02 bits per heavy atom. The molecule has 0 saturated carbocycles. The Balaban J connectivity index is 1.16. The average molecular weight is 667 g/mol. The summed E-state index contributed by atoms with van der Waals surface area (Å²) in [4.78, 5) is 4.65. The van der Waals surface area contributed by atoms with Crippen molar-refractivity contribution in [2.24, 2.45) is 0 Å². The lowest BCUT2D eigenvalue weighted by molar-refractivity contribution is 0.399. The third-order valence-corrected chi connectivity index (χ3v) is 10.8. The summed E-state index contributed by atoms with van der Waals surface area (Å²) < 4.78 is 15.9. The van der Waals surface area contributed by atoms with Gasteiger partial charge in [0.15, 0.2) is 0 Å². The summed E-state index contributed by atoms with van der Waals surface area (Å²) >= 11 is 0. The Morgan fingerprint density at radius 1 is 0.404 bits per heavy atom. The Labute approximate surface area is 300 Å². The van der Waals surface area contributed by atoms with Crippen LogP contribution in [0.5, 0.6) is 23.0 Å². The highest BCUT2D eigenvalue weighted by Crippen LogP contribution is 2.62. The molecule has 2 aromatic heterocycles. The Hall–Kier alpha value is -6.91. The van der Waals surface area contributed by atoms with E-state index in [-0.39, 0.29) is 0 Å². The van der Waals surface area contributed by atoms with Gasteiger partial charge in [0.1, 0.15) is 23.0 Å². The van der Waals surface area contributed by atoms with Crippen LogP contribution in [0, 0.1) is 0 Å². The highest BCUT2D eigenvalue weighted by atomic mass is 16.5. The number of nitrogens with zero attached hydrogens (tertiary/aromatic N) is 2. The third-order valence-electron chi connectivity index (χ3n) is 10.8. The second-order valence-electron chi connectivity index (χ2n) is 13.5. The summed E-state index contributed by atoms with van der Waals surface area (Å²) in [6.45, 7) is 0. The predicted octanol–water partition coefficient (Wildman–Crippen LogP) is 12.1. The fourth-order valence-corrected chi connectivity index (χ4v) is 8.55. The Bertz CT molecular complexity index is 2850. The summed E-state index contributed by atoms with van der Waals surface area (Å²) in [6, 6.07) is 62.2. The topological polar surface area (TPSA) is 36.3 Å². The molecular weight excluding hydrogens is 637 g/mol. The number of aromatic nitrogens is 2. The molecule has 0 aliphatic carbocycles. The zero-order valence-electron chi connectivity index (χ0n) is 28.0. The van der Waals surface area contributed by atoms with Crippen molar-refractivity contribution >= 4 is 21.8 Å². The van der Waals surface area contributed by atoms with E-state index >= 15 is 0 Å². The van der Waals surface area contributed by atoms with Crippen molar-refractivity contribution in [2.45, 2.75) is 5.41 Å².